The number of rotatable bonds is 6. The summed E-state index contributed by atoms with van der Waals surface area (Å²) in [7, 11) is -1.43. The summed E-state index contributed by atoms with van der Waals surface area (Å²) in [6.07, 6.45) is 0.682. The number of halogens is 2. The first-order chi connectivity index (χ1) is 12.2. The van der Waals surface area contributed by atoms with Gasteiger partial charge in [0.2, 0.25) is 10.0 Å². The molecule has 0 aromatic heterocycles. The highest BCUT2D eigenvalue weighted by atomic mass is 35.5. The molecule has 1 aliphatic rings. The van der Waals surface area contributed by atoms with E-state index in [4.69, 9.17) is 11.6 Å². The lowest BCUT2D eigenvalue weighted by atomic mass is 9.84. The predicted octanol–water partition coefficient (Wildman–Crippen LogP) is 1.96. The Morgan fingerprint density at radius 1 is 1.38 bits per heavy atom. The molecular formula is C17H26ClFN4O2S. The first-order valence-electron chi connectivity index (χ1n) is 8.53. The topological polar surface area (TPSA) is 73.8 Å². The highest BCUT2D eigenvalue weighted by Crippen LogP contribution is 2.29. The summed E-state index contributed by atoms with van der Waals surface area (Å²) in [6.45, 7) is 5.99. The van der Waals surface area contributed by atoms with Crippen molar-refractivity contribution in [3.05, 3.63) is 34.6 Å². The van der Waals surface area contributed by atoms with E-state index in [0.717, 1.165) is 5.56 Å². The van der Waals surface area contributed by atoms with Crippen molar-refractivity contribution in [1.82, 2.24) is 14.9 Å². The number of aliphatic imine (C=N–C) groups is 1. The van der Waals surface area contributed by atoms with Crippen molar-refractivity contribution >= 4 is 27.6 Å². The van der Waals surface area contributed by atoms with E-state index in [2.05, 4.69) is 15.6 Å². The highest BCUT2D eigenvalue weighted by Gasteiger charge is 2.27. The molecule has 26 heavy (non-hydrogen) atoms. The number of nitrogens with zero attached hydrogens (tertiary/aromatic N) is 2. The Morgan fingerprint density at radius 3 is 2.69 bits per heavy atom. The minimum atomic E-state index is -3.08. The maximum Gasteiger partial charge on any atom is 0.214 e. The lowest BCUT2D eigenvalue weighted by Gasteiger charge is -2.28. The van der Waals surface area contributed by atoms with Crippen molar-refractivity contribution < 1.29 is 12.8 Å². The molecule has 1 aromatic carbocycles. The van der Waals surface area contributed by atoms with Gasteiger partial charge in [0.1, 0.15) is 5.82 Å². The van der Waals surface area contributed by atoms with Crippen LogP contribution < -0.4 is 10.6 Å². The zero-order valence-corrected chi connectivity index (χ0v) is 16.9. The lowest BCUT2D eigenvalue weighted by Crippen LogP contribution is -2.45. The molecule has 0 amide bonds. The molecule has 0 aliphatic carbocycles. The van der Waals surface area contributed by atoms with Gasteiger partial charge in [-0.15, -0.1) is 0 Å². The van der Waals surface area contributed by atoms with Crippen LogP contribution in [0.2, 0.25) is 5.02 Å². The molecule has 6 nitrogen and oxygen atoms in total. The molecule has 0 bridgehead atoms. The Morgan fingerprint density at radius 2 is 2.12 bits per heavy atom. The van der Waals surface area contributed by atoms with Gasteiger partial charge in [-0.25, -0.2) is 17.1 Å². The average molecular weight is 405 g/mol. The summed E-state index contributed by atoms with van der Waals surface area (Å²) in [5, 5.41) is 6.72. The van der Waals surface area contributed by atoms with Crippen LogP contribution in [0.1, 0.15) is 25.8 Å². The third-order valence-corrected chi connectivity index (χ3v) is 6.71. The quantitative estimate of drug-likeness (QED) is 0.561. The van der Waals surface area contributed by atoms with Gasteiger partial charge in [0, 0.05) is 43.7 Å². The summed E-state index contributed by atoms with van der Waals surface area (Å²) in [5.41, 5.74) is 0.493. The van der Waals surface area contributed by atoms with Crippen LogP contribution in [0.25, 0.3) is 0 Å². The van der Waals surface area contributed by atoms with Crippen LogP contribution in [0.15, 0.2) is 23.2 Å². The maximum atomic E-state index is 13.3. The number of nitrogens with one attached hydrogen (secondary N) is 2. The van der Waals surface area contributed by atoms with Crippen molar-refractivity contribution in [3.8, 4) is 0 Å². The minimum absolute atomic E-state index is 0.229. The van der Waals surface area contributed by atoms with Gasteiger partial charge in [0.05, 0.1) is 5.75 Å². The van der Waals surface area contributed by atoms with E-state index < -0.39 is 10.0 Å². The third kappa shape index (κ3) is 5.31. The van der Waals surface area contributed by atoms with Crippen LogP contribution in [0.5, 0.6) is 0 Å². The predicted molar refractivity (Wildman–Crippen MR) is 104 cm³/mol. The summed E-state index contributed by atoms with van der Waals surface area (Å²) in [4.78, 5) is 4.16. The van der Waals surface area contributed by atoms with Crippen LogP contribution in [-0.4, -0.2) is 57.7 Å². The second-order valence-electron chi connectivity index (χ2n) is 6.93. The lowest BCUT2D eigenvalue weighted by molar-refractivity contribution is 0.444. The molecule has 1 saturated heterocycles. The average Bonchev–Trinajstić information content (AvgIpc) is 2.88. The molecular weight excluding hydrogens is 379 g/mol. The van der Waals surface area contributed by atoms with Crippen molar-refractivity contribution in [2.24, 2.45) is 4.99 Å². The van der Waals surface area contributed by atoms with Gasteiger partial charge in [-0.05, 0) is 24.1 Å². The van der Waals surface area contributed by atoms with Crippen LogP contribution in [0.4, 0.5) is 4.39 Å². The van der Waals surface area contributed by atoms with Gasteiger partial charge in [-0.2, -0.15) is 0 Å². The Labute approximate surface area is 159 Å². The molecule has 1 fully saturated rings. The number of hydrogen-bond donors (Lipinski definition) is 2. The maximum absolute atomic E-state index is 13.3. The molecule has 2 N–H and O–H groups in total. The second-order valence-corrected chi connectivity index (χ2v) is 9.42. The molecule has 1 heterocycles. The van der Waals surface area contributed by atoms with Crippen LogP contribution in [0, 0.1) is 5.82 Å². The van der Waals surface area contributed by atoms with E-state index in [9.17, 15) is 12.8 Å². The van der Waals surface area contributed by atoms with Crippen LogP contribution in [0.3, 0.4) is 0 Å². The monoisotopic (exact) mass is 404 g/mol. The van der Waals surface area contributed by atoms with E-state index in [0.29, 0.717) is 43.6 Å². The Hall–Kier alpha value is -1.38. The molecule has 1 aliphatic heterocycles. The summed E-state index contributed by atoms with van der Waals surface area (Å²) < 4.78 is 38.3. The van der Waals surface area contributed by atoms with Gasteiger partial charge in [-0.1, -0.05) is 31.5 Å². The number of guanidine groups is 1. The van der Waals surface area contributed by atoms with E-state index in [1.807, 2.05) is 13.8 Å². The molecule has 0 saturated carbocycles. The zero-order chi connectivity index (χ0) is 19.4. The fourth-order valence-corrected chi connectivity index (χ4v) is 4.85. The van der Waals surface area contributed by atoms with E-state index in [1.54, 1.807) is 13.1 Å². The van der Waals surface area contributed by atoms with Crippen LogP contribution in [-0.2, 0) is 15.4 Å². The van der Waals surface area contributed by atoms with Crippen molar-refractivity contribution in [3.63, 3.8) is 0 Å². The first kappa shape index (κ1) is 20.9. The number of benzene rings is 1. The number of sulfonamides is 1. The van der Waals surface area contributed by atoms with Gasteiger partial charge >= 0.3 is 0 Å². The SMILES string of the molecule is CN=C(NCCN1CCCS1(=O)=O)NCC(C)(C)c1ccc(F)cc1Cl. The fraction of sp³-hybridized carbons (Fsp3) is 0.588. The summed E-state index contributed by atoms with van der Waals surface area (Å²) in [5.74, 6) is 0.441. The van der Waals surface area contributed by atoms with Crippen molar-refractivity contribution in [1.29, 1.82) is 0 Å². The van der Waals surface area contributed by atoms with Gasteiger partial charge in [-0.3, -0.25) is 4.99 Å². The van der Waals surface area contributed by atoms with Gasteiger partial charge < -0.3 is 10.6 Å². The molecule has 0 radical (unpaired) electrons. The van der Waals surface area contributed by atoms with E-state index >= 15 is 0 Å². The van der Waals surface area contributed by atoms with E-state index in [-0.39, 0.29) is 17.0 Å². The molecule has 9 heteroatoms. The summed E-state index contributed by atoms with van der Waals surface area (Å²) in [6, 6.07) is 4.39. The largest absolute Gasteiger partial charge is 0.356 e. The van der Waals surface area contributed by atoms with Crippen LogP contribution >= 0.6 is 11.6 Å². The fourth-order valence-electron chi connectivity index (χ4n) is 2.90. The standard InChI is InChI=1S/C17H26ClFN4O2S/c1-17(2,14-6-5-13(19)11-15(14)18)12-22-16(20-3)21-7-9-23-8-4-10-26(23,24)25/h5-6,11H,4,7-10,12H2,1-3H3,(H2,20,21,22). The Kier molecular flexibility index (Phi) is 6.87. The Bertz CT molecular complexity index is 768. The van der Waals surface area contributed by atoms with E-state index in [1.165, 1.54) is 16.4 Å². The first-order valence-corrected chi connectivity index (χ1v) is 10.5. The normalized spacial score (nSPS) is 18.1. The van der Waals surface area contributed by atoms with Gasteiger partial charge in [0.15, 0.2) is 5.96 Å². The smallest absolute Gasteiger partial charge is 0.214 e. The van der Waals surface area contributed by atoms with Gasteiger partial charge in [0.25, 0.3) is 0 Å². The molecule has 0 spiro atoms. The Balaban J connectivity index is 1.87. The molecule has 1 aromatic rings. The molecule has 0 atom stereocenters. The van der Waals surface area contributed by atoms with Crippen molar-refractivity contribution in [2.75, 3.05) is 39.0 Å². The molecule has 0 unspecified atom stereocenters. The highest BCUT2D eigenvalue weighted by molar-refractivity contribution is 7.89. The second kappa shape index (κ2) is 8.54. The molecule has 146 valence electrons. The van der Waals surface area contributed by atoms with Crippen molar-refractivity contribution in [2.45, 2.75) is 25.7 Å². The third-order valence-electron chi connectivity index (χ3n) is 4.44. The summed E-state index contributed by atoms with van der Waals surface area (Å²) >= 11 is 6.17. The zero-order valence-electron chi connectivity index (χ0n) is 15.3. The minimum Gasteiger partial charge on any atom is -0.356 e. The number of hydrogen-bond acceptors (Lipinski definition) is 3. The molecule has 2 rings (SSSR count).